The van der Waals surface area contributed by atoms with Crippen LogP contribution in [0.4, 0.5) is 0 Å². The fourth-order valence-electron chi connectivity index (χ4n) is 1.67. The predicted octanol–water partition coefficient (Wildman–Crippen LogP) is -1.09. The van der Waals surface area contributed by atoms with Crippen LogP contribution in [0, 0.1) is 0 Å². The minimum atomic E-state index is 0. The highest BCUT2D eigenvalue weighted by molar-refractivity contribution is 4.36. The highest BCUT2D eigenvalue weighted by Crippen LogP contribution is 2.03. The lowest BCUT2D eigenvalue weighted by molar-refractivity contribution is -0.940. The van der Waals surface area contributed by atoms with Crippen LogP contribution >= 0.6 is 0 Å². The minimum Gasteiger partial charge on any atom is -1.00 e. The molecule has 0 radical (unpaired) electrons. The molecule has 0 aromatic rings. The Kier molecular flexibility index (Phi) is 9.61. The van der Waals surface area contributed by atoms with Crippen molar-refractivity contribution < 1.29 is 17.0 Å². The summed E-state index contributed by atoms with van der Waals surface area (Å²) in [7, 11) is 0. The molecular weight excluding hydrogens is 172 g/mol. The van der Waals surface area contributed by atoms with E-state index < -0.39 is 0 Å². The van der Waals surface area contributed by atoms with Gasteiger partial charge in [0.25, 0.3) is 0 Å². The highest BCUT2D eigenvalue weighted by Gasteiger charge is 2.18. The van der Waals surface area contributed by atoms with E-state index >= 15 is 0 Å². The van der Waals surface area contributed by atoms with Gasteiger partial charge in [-0.3, -0.25) is 0 Å². The monoisotopic (exact) mass is 194 g/mol. The molecule has 0 heterocycles. The van der Waals surface area contributed by atoms with Crippen molar-refractivity contribution in [2.75, 3.05) is 19.6 Å². The normalized spacial score (nSPS) is 11.0. The molecule has 3 heteroatoms. The smallest absolute Gasteiger partial charge is 0.0957 e. The van der Waals surface area contributed by atoms with Crippen molar-refractivity contribution in [1.29, 1.82) is 0 Å². The van der Waals surface area contributed by atoms with Crippen LogP contribution in [0.1, 0.15) is 40.0 Å². The molecule has 0 spiro atoms. The van der Waals surface area contributed by atoms with E-state index in [0.717, 1.165) is 24.2 Å². The van der Waals surface area contributed by atoms with E-state index in [1.807, 2.05) is 0 Å². The SMILES string of the molecule is CCC[N+](N)(CCC)CCC.[Cl-]. The Morgan fingerprint density at radius 3 is 1.25 bits per heavy atom. The average Bonchev–Trinajstić information content (AvgIpc) is 1.88. The molecule has 0 atom stereocenters. The molecule has 0 aromatic heterocycles. The Labute approximate surface area is 83.1 Å². The summed E-state index contributed by atoms with van der Waals surface area (Å²) >= 11 is 0. The van der Waals surface area contributed by atoms with Gasteiger partial charge in [-0.15, -0.1) is 0 Å². The van der Waals surface area contributed by atoms with E-state index in [4.69, 9.17) is 5.84 Å². The summed E-state index contributed by atoms with van der Waals surface area (Å²) in [5.41, 5.74) is 0. The van der Waals surface area contributed by atoms with Crippen LogP contribution < -0.4 is 18.2 Å². The summed E-state index contributed by atoms with van der Waals surface area (Å²) < 4.78 is 0.781. The zero-order valence-electron chi connectivity index (χ0n) is 8.65. The standard InChI is InChI=1S/C9H23N2.ClH/c1-4-7-11(10,8-5-2)9-6-3;/h4-10H2,1-3H3;1H/q+1;/p-1. The van der Waals surface area contributed by atoms with Crippen LogP contribution in [-0.2, 0) is 0 Å². The van der Waals surface area contributed by atoms with Gasteiger partial charge in [0.15, 0.2) is 0 Å². The van der Waals surface area contributed by atoms with Gasteiger partial charge in [-0.1, -0.05) is 20.8 Å². The second-order valence-electron chi connectivity index (χ2n) is 3.39. The van der Waals surface area contributed by atoms with Crippen LogP contribution in [0.5, 0.6) is 0 Å². The van der Waals surface area contributed by atoms with Crippen LogP contribution in [0.2, 0.25) is 0 Å². The van der Waals surface area contributed by atoms with Gasteiger partial charge in [-0.25, -0.2) is 4.59 Å². The van der Waals surface area contributed by atoms with E-state index in [1.54, 1.807) is 0 Å². The maximum Gasteiger partial charge on any atom is 0.0957 e. The largest absolute Gasteiger partial charge is 1.00 e. The van der Waals surface area contributed by atoms with Gasteiger partial charge in [0, 0.05) is 0 Å². The molecule has 12 heavy (non-hydrogen) atoms. The number of nitrogens with two attached hydrogens (primary N) is 1. The maximum atomic E-state index is 6.17. The quantitative estimate of drug-likeness (QED) is 0.325. The maximum absolute atomic E-state index is 6.17. The van der Waals surface area contributed by atoms with E-state index in [0.29, 0.717) is 0 Å². The molecule has 0 unspecified atom stereocenters. The van der Waals surface area contributed by atoms with Gasteiger partial charge < -0.3 is 12.4 Å². The zero-order valence-corrected chi connectivity index (χ0v) is 9.40. The van der Waals surface area contributed by atoms with Crippen LogP contribution in [0.3, 0.4) is 0 Å². The van der Waals surface area contributed by atoms with Crippen molar-refractivity contribution in [2.45, 2.75) is 40.0 Å². The molecule has 0 aliphatic rings. The molecule has 2 nitrogen and oxygen atoms in total. The summed E-state index contributed by atoms with van der Waals surface area (Å²) in [6.07, 6.45) is 3.57. The first-order chi connectivity index (χ1) is 5.18. The van der Waals surface area contributed by atoms with Crippen molar-refractivity contribution in [2.24, 2.45) is 5.84 Å². The fourth-order valence-corrected chi connectivity index (χ4v) is 1.67. The van der Waals surface area contributed by atoms with Gasteiger partial charge in [0.1, 0.15) is 0 Å². The number of nitrogens with zero attached hydrogens (tertiary/aromatic N) is 1. The first-order valence-electron chi connectivity index (χ1n) is 4.83. The first-order valence-corrected chi connectivity index (χ1v) is 4.83. The Hall–Kier alpha value is 0.210. The van der Waals surface area contributed by atoms with Gasteiger partial charge in [-0.2, -0.15) is 5.84 Å². The summed E-state index contributed by atoms with van der Waals surface area (Å²) in [6, 6.07) is 0. The van der Waals surface area contributed by atoms with E-state index in [2.05, 4.69) is 20.8 Å². The van der Waals surface area contributed by atoms with Gasteiger partial charge in [0.05, 0.1) is 19.6 Å². The van der Waals surface area contributed by atoms with Gasteiger partial charge in [0.2, 0.25) is 0 Å². The zero-order chi connectivity index (χ0) is 8.74. The highest BCUT2D eigenvalue weighted by atomic mass is 35.5. The molecule has 0 saturated carbocycles. The van der Waals surface area contributed by atoms with E-state index in [-0.39, 0.29) is 12.4 Å². The van der Waals surface area contributed by atoms with Crippen molar-refractivity contribution >= 4 is 0 Å². The van der Waals surface area contributed by atoms with Gasteiger partial charge >= 0.3 is 0 Å². The Balaban J connectivity index is 0. The molecule has 0 fully saturated rings. The van der Waals surface area contributed by atoms with E-state index in [9.17, 15) is 0 Å². The molecular formula is C9H23ClN2. The van der Waals surface area contributed by atoms with Gasteiger partial charge in [-0.05, 0) is 19.3 Å². The Bertz CT molecular complexity index is 79.5. The van der Waals surface area contributed by atoms with Crippen molar-refractivity contribution in [3.05, 3.63) is 0 Å². The van der Waals surface area contributed by atoms with Crippen molar-refractivity contribution in [3.63, 3.8) is 0 Å². The number of halogens is 1. The van der Waals surface area contributed by atoms with Crippen LogP contribution in [-0.4, -0.2) is 24.2 Å². The third-order valence-corrected chi connectivity index (χ3v) is 2.01. The second kappa shape index (κ2) is 7.84. The second-order valence-corrected chi connectivity index (χ2v) is 3.39. The Morgan fingerprint density at radius 2 is 1.08 bits per heavy atom. The Morgan fingerprint density at radius 1 is 0.833 bits per heavy atom. The van der Waals surface area contributed by atoms with Crippen LogP contribution in [0.25, 0.3) is 0 Å². The molecule has 76 valence electrons. The molecule has 2 N–H and O–H groups in total. The summed E-state index contributed by atoms with van der Waals surface area (Å²) in [4.78, 5) is 0. The van der Waals surface area contributed by atoms with E-state index in [1.165, 1.54) is 19.3 Å². The lowest BCUT2D eigenvalue weighted by Gasteiger charge is -2.31. The number of hydrogen-bond donors (Lipinski definition) is 1. The number of hydrogen-bond acceptors (Lipinski definition) is 1. The summed E-state index contributed by atoms with van der Waals surface area (Å²) in [5, 5.41) is 0. The lowest BCUT2D eigenvalue weighted by atomic mass is 10.3. The fraction of sp³-hybridized carbons (Fsp3) is 1.00. The molecule has 0 aliphatic carbocycles. The number of rotatable bonds is 6. The molecule has 0 saturated heterocycles. The topological polar surface area (TPSA) is 26.0 Å². The summed E-state index contributed by atoms with van der Waals surface area (Å²) in [5.74, 6) is 6.17. The molecule has 0 rings (SSSR count). The summed E-state index contributed by atoms with van der Waals surface area (Å²) in [6.45, 7) is 9.98. The molecule has 0 bridgehead atoms. The lowest BCUT2D eigenvalue weighted by Crippen LogP contribution is -3.00. The number of quaternary nitrogens is 1. The van der Waals surface area contributed by atoms with Crippen LogP contribution in [0.15, 0.2) is 0 Å². The third-order valence-electron chi connectivity index (χ3n) is 2.01. The van der Waals surface area contributed by atoms with Crippen molar-refractivity contribution in [3.8, 4) is 0 Å². The molecule has 0 aromatic carbocycles. The third kappa shape index (κ3) is 5.81. The minimum absolute atomic E-state index is 0. The first kappa shape index (κ1) is 14.7. The molecule has 0 aliphatic heterocycles. The predicted molar refractivity (Wildman–Crippen MR) is 49.9 cm³/mol. The van der Waals surface area contributed by atoms with Crippen molar-refractivity contribution in [1.82, 2.24) is 0 Å². The molecule has 0 amide bonds. The average molecular weight is 195 g/mol.